The van der Waals surface area contributed by atoms with Gasteiger partial charge in [0.1, 0.15) is 0 Å². The Morgan fingerprint density at radius 1 is 1.26 bits per heavy atom. The van der Waals surface area contributed by atoms with Crippen LogP contribution in [0, 0.1) is 0 Å². The molecule has 1 aromatic carbocycles. The van der Waals surface area contributed by atoms with Crippen molar-refractivity contribution in [1.29, 1.82) is 0 Å². The molecule has 1 fully saturated rings. The van der Waals surface area contributed by atoms with Crippen molar-refractivity contribution in [2.45, 2.75) is 45.2 Å². The number of carbonyl (C=O) groups excluding carboxylic acids is 1. The maximum absolute atomic E-state index is 12.3. The number of piperidine rings is 1. The molecule has 1 aliphatic heterocycles. The van der Waals surface area contributed by atoms with E-state index in [9.17, 15) is 4.79 Å². The largest absolute Gasteiger partial charge is 0.334 e. The van der Waals surface area contributed by atoms with Crippen LogP contribution in [0.1, 0.15) is 38.7 Å². The molecule has 19 heavy (non-hydrogen) atoms. The minimum Gasteiger partial charge on any atom is -0.334 e. The Kier molecular flexibility index (Phi) is 4.65. The molecule has 1 amide bonds. The van der Waals surface area contributed by atoms with Gasteiger partial charge in [0, 0.05) is 23.2 Å². The van der Waals surface area contributed by atoms with Crippen molar-refractivity contribution < 1.29 is 4.79 Å². The van der Waals surface area contributed by atoms with Crippen molar-refractivity contribution in [2.24, 2.45) is 0 Å². The maximum atomic E-state index is 12.3. The molecule has 3 heteroatoms. The maximum Gasteiger partial charge on any atom is 0.247 e. The molecule has 1 aliphatic rings. The first kappa shape index (κ1) is 14.1. The number of carbonyl (C=O) groups is 1. The lowest BCUT2D eigenvalue weighted by Crippen LogP contribution is -2.46. The van der Waals surface area contributed by atoms with E-state index in [1.165, 1.54) is 6.42 Å². The van der Waals surface area contributed by atoms with Crippen LogP contribution in [0.4, 0.5) is 0 Å². The van der Waals surface area contributed by atoms with Gasteiger partial charge in [-0.15, -0.1) is 0 Å². The van der Waals surface area contributed by atoms with E-state index in [0.29, 0.717) is 17.1 Å². The highest BCUT2D eigenvalue weighted by molar-refractivity contribution is 6.32. The van der Waals surface area contributed by atoms with Gasteiger partial charge >= 0.3 is 0 Å². The number of halogens is 1. The van der Waals surface area contributed by atoms with Crippen LogP contribution in [0.2, 0.25) is 5.02 Å². The van der Waals surface area contributed by atoms with Gasteiger partial charge in [-0.1, -0.05) is 29.8 Å². The molecule has 0 bridgehead atoms. The van der Waals surface area contributed by atoms with Crippen LogP contribution < -0.4 is 0 Å². The van der Waals surface area contributed by atoms with E-state index < -0.39 is 0 Å². The summed E-state index contributed by atoms with van der Waals surface area (Å²) in [4.78, 5) is 14.3. The Bertz CT molecular complexity index is 473. The van der Waals surface area contributed by atoms with Crippen molar-refractivity contribution in [3.8, 4) is 0 Å². The Morgan fingerprint density at radius 3 is 2.53 bits per heavy atom. The minimum atomic E-state index is 0.0830. The van der Waals surface area contributed by atoms with Crippen molar-refractivity contribution in [1.82, 2.24) is 4.90 Å². The van der Waals surface area contributed by atoms with Crippen molar-refractivity contribution in [3.05, 3.63) is 40.9 Å². The first-order valence-electron chi connectivity index (χ1n) is 6.84. The second-order valence-electron chi connectivity index (χ2n) is 5.23. The molecule has 0 spiro atoms. The predicted octanol–water partition coefficient (Wildman–Crippen LogP) is 4.14. The first-order valence-corrected chi connectivity index (χ1v) is 7.22. The number of benzene rings is 1. The SMILES string of the molecule is CC1CCCC(C)N1C(=O)C=Cc1ccccc1Cl. The highest BCUT2D eigenvalue weighted by atomic mass is 35.5. The third-order valence-electron chi connectivity index (χ3n) is 3.76. The van der Waals surface area contributed by atoms with E-state index in [0.717, 1.165) is 18.4 Å². The van der Waals surface area contributed by atoms with Crippen LogP contribution in [-0.4, -0.2) is 22.9 Å². The summed E-state index contributed by atoms with van der Waals surface area (Å²) in [5.41, 5.74) is 0.884. The molecule has 2 rings (SSSR count). The second kappa shape index (κ2) is 6.25. The van der Waals surface area contributed by atoms with Crippen LogP contribution in [-0.2, 0) is 4.79 Å². The summed E-state index contributed by atoms with van der Waals surface area (Å²) in [5.74, 6) is 0.0830. The fourth-order valence-electron chi connectivity index (χ4n) is 2.71. The van der Waals surface area contributed by atoms with Gasteiger partial charge < -0.3 is 4.90 Å². The summed E-state index contributed by atoms with van der Waals surface area (Å²) in [6.07, 6.45) is 6.84. The molecule has 2 atom stereocenters. The first-order chi connectivity index (χ1) is 9.09. The third kappa shape index (κ3) is 3.38. The Balaban J connectivity index is 2.10. The Morgan fingerprint density at radius 2 is 1.89 bits per heavy atom. The summed E-state index contributed by atoms with van der Waals surface area (Å²) in [6.45, 7) is 4.24. The van der Waals surface area contributed by atoms with Crippen molar-refractivity contribution >= 4 is 23.6 Å². The van der Waals surface area contributed by atoms with E-state index in [2.05, 4.69) is 13.8 Å². The standard InChI is InChI=1S/C16H20ClNO/c1-12-6-5-7-13(2)18(12)16(19)11-10-14-8-3-4-9-15(14)17/h3-4,8-13H,5-7H2,1-2H3. The minimum absolute atomic E-state index is 0.0830. The second-order valence-corrected chi connectivity index (χ2v) is 5.64. The summed E-state index contributed by atoms with van der Waals surface area (Å²) >= 11 is 6.07. The smallest absolute Gasteiger partial charge is 0.247 e. The molecule has 1 aromatic rings. The molecule has 102 valence electrons. The average Bonchev–Trinajstić information content (AvgIpc) is 2.37. The van der Waals surface area contributed by atoms with Gasteiger partial charge in [0.05, 0.1) is 0 Å². The summed E-state index contributed by atoms with van der Waals surface area (Å²) in [7, 11) is 0. The van der Waals surface area contributed by atoms with E-state index in [1.54, 1.807) is 12.2 Å². The average molecular weight is 278 g/mol. The van der Waals surface area contributed by atoms with Gasteiger partial charge in [-0.05, 0) is 50.8 Å². The summed E-state index contributed by atoms with van der Waals surface area (Å²) in [6, 6.07) is 8.20. The van der Waals surface area contributed by atoms with Gasteiger partial charge in [-0.25, -0.2) is 0 Å². The lowest BCUT2D eigenvalue weighted by molar-refractivity contribution is -0.131. The Hall–Kier alpha value is -1.28. The molecule has 0 radical (unpaired) electrons. The van der Waals surface area contributed by atoms with Gasteiger partial charge in [0.2, 0.25) is 5.91 Å². The van der Waals surface area contributed by atoms with Gasteiger partial charge in [-0.3, -0.25) is 4.79 Å². The van der Waals surface area contributed by atoms with Crippen LogP contribution >= 0.6 is 11.6 Å². The molecular weight excluding hydrogens is 258 g/mol. The van der Waals surface area contributed by atoms with Gasteiger partial charge in [0.25, 0.3) is 0 Å². The quantitative estimate of drug-likeness (QED) is 0.744. The molecular formula is C16H20ClNO. The van der Waals surface area contributed by atoms with Crippen LogP contribution in [0.3, 0.4) is 0 Å². The normalized spacial score (nSPS) is 23.8. The van der Waals surface area contributed by atoms with E-state index >= 15 is 0 Å². The molecule has 1 saturated heterocycles. The molecule has 1 heterocycles. The van der Waals surface area contributed by atoms with Crippen LogP contribution in [0.25, 0.3) is 6.08 Å². The molecule has 0 saturated carbocycles. The van der Waals surface area contributed by atoms with E-state index in [1.807, 2.05) is 29.2 Å². The van der Waals surface area contributed by atoms with Crippen LogP contribution in [0.5, 0.6) is 0 Å². The third-order valence-corrected chi connectivity index (χ3v) is 4.10. The predicted molar refractivity (Wildman–Crippen MR) is 80.1 cm³/mol. The zero-order valence-electron chi connectivity index (χ0n) is 11.5. The lowest BCUT2D eigenvalue weighted by Gasteiger charge is -2.38. The number of nitrogens with zero attached hydrogens (tertiary/aromatic N) is 1. The van der Waals surface area contributed by atoms with Crippen LogP contribution in [0.15, 0.2) is 30.3 Å². The molecule has 2 unspecified atom stereocenters. The topological polar surface area (TPSA) is 20.3 Å². The molecule has 0 N–H and O–H groups in total. The zero-order chi connectivity index (χ0) is 13.8. The van der Waals surface area contributed by atoms with Crippen molar-refractivity contribution in [2.75, 3.05) is 0 Å². The summed E-state index contributed by atoms with van der Waals surface area (Å²) in [5, 5.41) is 0.672. The fraction of sp³-hybridized carbons (Fsp3) is 0.438. The molecule has 2 nitrogen and oxygen atoms in total. The number of amides is 1. The molecule has 0 aromatic heterocycles. The Labute approximate surface area is 120 Å². The van der Waals surface area contributed by atoms with Gasteiger partial charge in [-0.2, -0.15) is 0 Å². The summed E-state index contributed by atoms with van der Waals surface area (Å²) < 4.78 is 0. The fourth-order valence-corrected chi connectivity index (χ4v) is 2.91. The highest BCUT2D eigenvalue weighted by Gasteiger charge is 2.27. The number of rotatable bonds is 2. The van der Waals surface area contributed by atoms with Gasteiger partial charge in [0.15, 0.2) is 0 Å². The number of likely N-dealkylation sites (tertiary alicyclic amines) is 1. The molecule has 0 aliphatic carbocycles. The number of hydrogen-bond acceptors (Lipinski definition) is 1. The highest BCUT2D eigenvalue weighted by Crippen LogP contribution is 2.23. The van der Waals surface area contributed by atoms with E-state index in [4.69, 9.17) is 11.6 Å². The van der Waals surface area contributed by atoms with E-state index in [-0.39, 0.29) is 5.91 Å². The monoisotopic (exact) mass is 277 g/mol. The lowest BCUT2D eigenvalue weighted by atomic mass is 9.97. The zero-order valence-corrected chi connectivity index (χ0v) is 12.2. The van der Waals surface area contributed by atoms with Crippen molar-refractivity contribution in [3.63, 3.8) is 0 Å². The number of hydrogen-bond donors (Lipinski definition) is 0.